The van der Waals surface area contributed by atoms with Gasteiger partial charge in [0, 0.05) is 25.1 Å². The van der Waals surface area contributed by atoms with Crippen molar-refractivity contribution < 1.29 is 4.74 Å². The first kappa shape index (κ1) is 21.5. The van der Waals surface area contributed by atoms with Gasteiger partial charge in [-0.15, -0.1) is 0 Å². The van der Waals surface area contributed by atoms with Gasteiger partial charge < -0.3 is 13.9 Å². The number of hydrogen-bond donors (Lipinski definition) is 0. The summed E-state index contributed by atoms with van der Waals surface area (Å²) in [7, 11) is 0. The standard InChI is InChI=1S/C28H25N5O/c1-4-32-16-24(33-13-12-30-18-33)27-23(14-22(15-29)31-28(27)32)26-19(2)10-11-25(20(26)3)34-17-21-8-6-5-7-9-21/h5-14,16,18H,4,17H2,1-3H3. The van der Waals surface area contributed by atoms with Crippen LogP contribution in [0.5, 0.6) is 5.75 Å². The zero-order valence-electron chi connectivity index (χ0n) is 19.5. The minimum Gasteiger partial charge on any atom is -0.489 e. The maximum atomic E-state index is 9.76. The lowest BCUT2D eigenvalue weighted by molar-refractivity contribution is 0.304. The molecule has 0 saturated heterocycles. The molecular formula is C28H25N5O. The molecule has 3 aromatic heterocycles. The van der Waals surface area contributed by atoms with Crippen LogP contribution in [0.3, 0.4) is 0 Å². The van der Waals surface area contributed by atoms with Crippen molar-refractivity contribution in [2.45, 2.75) is 33.9 Å². The molecule has 34 heavy (non-hydrogen) atoms. The SMILES string of the molecule is CCn1cc(-n2ccnc2)c2c(-c3c(C)ccc(OCc4ccccc4)c3C)cc(C#N)nc21. The zero-order chi connectivity index (χ0) is 23.7. The second-order valence-corrected chi connectivity index (χ2v) is 8.29. The van der Waals surface area contributed by atoms with Crippen molar-refractivity contribution in [3.05, 3.63) is 95.8 Å². The fraction of sp³-hybridized carbons (Fsp3) is 0.179. The van der Waals surface area contributed by atoms with Crippen molar-refractivity contribution in [2.75, 3.05) is 0 Å². The smallest absolute Gasteiger partial charge is 0.144 e. The summed E-state index contributed by atoms with van der Waals surface area (Å²) >= 11 is 0. The molecule has 5 rings (SSSR count). The molecule has 6 heteroatoms. The molecule has 0 saturated carbocycles. The number of pyridine rings is 1. The normalized spacial score (nSPS) is 11.0. The first-order chi connectivity index (χ1) is 16.6. The Labute approximate surface area is 198 Å². The largest absolute Gasteiger partial charge is 0.489 e. The van der Waals surface area contributed by atoms with E-state index in [1.54, 1.807) is 12.5 Å². The van der Waals surface area contributed by atoms with Gasteiger partial charge in [-0.1, -0.05) is 36.4 Å². The van der Waals surface area contributed by atoms with E-state index in [9.17, 15) is 5.26 Å². The Morgan fingerprint density at radius 3 is 2.62 bits per heavy atom. The van der Waals surface area contributed by atoms with Crippen LogP contribution in [0, 0.1) is 25.2 Å². The molecule has 0 atom stereocenters. The topological polar surface area (TPSA) is 68.7 Å². The fourth-order valence-electron chi connectivity index (χ4n) is 4.49. The van der Waals surface area contributed by atoms with E-state index in [1.807, 2.05) is 41.1 Å². The number of aromatic nitrogens is 4. The summed E-state index contributed by atoms with van der Waals surface area (Å²) in [4.78, 5) is 8.92. The molecule has 0 spiro atoms. The van der Waals surface area contributed by atoms with Gasteiger partial charge >= 0.3 is 0 Å². The van der Waals surface area contributed by atoms with E-state index in [2.05, 4.69) is 65.8 Å². The van der Waals surface area contributed by atoms with Crippen molar-refractivity contribution in [3.63, 3.8) is 0 Å². The van der Waals surface area contributed by atoms with E-state index in [4.69, 9.17) is 4.74 Å². The maximum absolute atomic E-state index is 9.76. The quantitative estimate of drug-likeness (QED) is 0.321. The molecule has 2 aromatic carbocycles. The number of nitriles is 1. The highest BCUT2D eigenvalue weighted by molar-refractivity contribution is 6.01. The van der Waals surface area contributed by atoms with E-state index in [1.165, 1.54) is 0 Å². The maximum Gasteiger partial charge on any atom is 0.144 e. The average molecular weight is 448 g/mol. The number of nitrogens with zero attached hydrogens (tertiary/aromatic N) is 5. The van der Waals surface area contributed by atoms with E-state index >= 15 is 0 Å². The number of fused-ring (bicyclic) bond motifs is 1. The first-order valence-electron chi connectivity index (χ1n) is 11.3. The van der Waals surface area contributed by atoms with Gasteiger partial charge in [-0.3, -0.25) is 0 Å². The summed E-state index contributed by atoms with van der Waals surface area (Å²) in [6.45, 7) is 7.48. The van der Waals surface area contributed by atoms with Gasteiger partial charge in [0.1, 0.15) is 29.8 Å². The summed E-state index contributed by atoms with van der Waals surface area (Å²) in [5, 5.41) is 10.8. The molecule has 0 aliphatic carbocycles. The Morgan fingerprint density at radius 1 is 1.09 bits per heavy atom. The summed E-state index contributed by atoms with van der Waals surface area (Å²) < 4.78 is 10.3. The molecular weight excluding hydrogens is 422 g/mol. The van der Waals surface area contributed by atoms with Crippen molar-refractivity contribution in [1.29, 1.82) is 5.26 Å². The van der Waals surface area contributed by atoms with E-state index in [0.717, 1.165) is 56.8 Å². The second-order valence-electron chi connectivity index (χ2n) is 8.29. The number of hydrogen-bond acceptors (Lipinski definition) is 4. The van der Waals surface area contributed by atoms with Crippen molar-refractivity contribution in [2.24, 2.45) is 0 Å². The zero-order valence-corrected chi connectivity index (χ0v) is 19.5. The summed E-state index contributed by atoms with van der Waals surface area (Å²) in [6.07, 6.45) is 7.55. The van der Waals surface area contributed by atoms with Crippen LogP contribution < -0.4 is 4.74 Å². The van der Waals surface area contributed by atoms with Crippen molar-refractivity contribution >= 4 is 11.0 Å². The van der Waals surface area contributed by atoms with Gasteiger partial charge in [0.25, 0.3) is 0 Å². The van der Waals surface area contributed by atoms with Crippen LogP contribution in [-0.4, -0.2) is 19.1 Å². The van der Waals surface area contributed by atoms with Gasteiger partial charge in [0.05, 0.1) is 17.4 Å². The molecule has 0 radical (unpaired) electrons. The number of aryl methyl sites for hydroxylation is 2. The highest BCUT2D eigenvalue weighted by Crippen LogP contribution is 2.40. The van der Waals surface area contributed by atoms with Crippen molar-refractivity contribution in [3.8, 4) is 28.6 Å². The summed E-state index contributed by atoms with van der Waals surface area (Å²) in [6, 6.07) is 18.4. The Balaban J connectivity index is 1.72. The highest BCUT2D eigenvalue weighted by Gasteiger charge is 2.21. The minimum atomic E-state index is 0.391. The molecule has 0 amide bonds. The molecule has 0 unspecified atom stereocenters. The average Bonchev–Trinajstić information content (AvgIpc) is 3.52. The predicted octanol–water partition coefficient (Wildman–Crippen LogP) is 5.98. The molecule has 0 aliphatic heterocycles. The number of rotatable bonds is 6. The molecule has 3 heterocycles. The lowest BCUT2D eigenvalue weighted by Crippen LogP contribution is -2.01. The van der Waals surface area contributed by atoms with E-state index in [-0.39, 0.29) is 0 Å². The molecule has 6 nitrogen and oxygen atoms in total. The number of benzene rings is 2. The predicted molar refractivity (Wildman–Crippen MR) is 133 cm³/mol. The minimum absolute atomic E-state index is 0.391. The lowest BCUT2D eigenvalue weighted by atomic mass is 9.93. The molecule has 0 aliphatic rings. The highest BCUT2D eigenvalue weighted by atomic mass is 16.5. The summed E-state index contributed by atoms with van der Waals surface area (Å²) in [5.41, 5.74) is 7.45. The van der Waals surface area contributed by atoms with Crippen molar-refractivity contribution in [1.82, 2.24) is 19.1 Å². The molecule has 168 valence electrons. The van der Waals surface area contributed by atoms with Gasteiger partial charge in [0.15, 0.2) is 0 Å². The van der Waals surface area contributed by atoms with Crippen LogP contribution >= 0.6 is 0 Å². The lowest BCUT2D eigenvalue weighted by Gasteiger charge is -2.17. The van der Waals surface area contributed by atoms with Gasteiger partial charge in [-0.25, -0.2) is 9.97 Å². The first-order valence-corrected chi connectivity index (χ1v) is 11.3. The molecule has 5 aromatic rings. The van der Waals surface area contributed by atoms with Crippen LogP contribution in [0.4, 0.5) is 0 Å². The van der Waals surface area contributed by atoms with Crippen LogP contribution in [0.2, 0.25) is 0 Å². The van der Waals surface area contributed by atoms with Crippen LogP contribution in [0.1, 0.15) is 29.3 Å². The summed E-state index contributed by atoms with van der Waals surface area (Å²) in [5.74, 6) is 0.826. The number of ether oxygens (including phenoxy) is 1. The van der Waals surface area contributed by atoms with E-state index < -0.39 is 0 Å². The number of imidazole rings is 1. The third-order valence-electron chi connectivity index (χ3n) is 6.17. The van der Waals surface area contributed by atoms with Gasteiger partial charge in [-0.05, 0) is 60.7 Å². The Kier molecular flexibility index (Phi) is 5.60. The molecule has 0 N–H and O–H groups in total. The molecule has 0 bridgehead atoms. The molecule has 0 fully saturated rings. The monoisotopic (exact) mass is 447 g/mol. The Hall–Kier alpha value is -4.37. The third kappa shape index (κ3) is 3.71. The van der Waals surface area contributed by atoms with Crippen LogP contribution in [0.25, 0.3) is 27.8 Å². The Bertz CT molecular complexity index is 1510. The van der Waals surface area contributed by atoms with E-state index in [0.29, 0.717) is 12.3 Å². The van der Waals surface area contributed by atoms with Crippen LogP contribution in [0.15, 0.2) is 73.4 Å². The second kappa shape index (κ2) is 8.87. The fourth-order valence-corrected chi connectivity index (χ4v) is 4.49. The van der Waals surface area contributed by atoms with Crippen LogP contribution in [-0.2, 0) is 13.2 Å². The van der Waals surface area contributed by atoms with Gasteiger partial charge in [0.2, 0.25) is 0 Å². The third-order valence-corrected chi connectivity index (χ3v) is 6.17. The van der Waals surface area contributed by atoms with Gasteiger partial charge in [-0.2, -0.15) is 5.26 Å². The Morgan fingerprint density at radius 2 is 1.91 bits per heavy atom.